The van der Waals surface area contributed by atoms with Gasteiger partial charge in [0.25, 0.3) is 0 Å². The van der Waals surface area contributed by atoms with E-state index in [1.165, 1.54) is 0 Å². The van der Waals surface area contributed by atoms with Crippen molar-refractivity contribution in [3.63, 3.8) is 0 Å². The maximum Gasteiger partial charge on any atom is 0.214 e. The SMILES string of the molecule is CCCN1CCNCCCS1(=O)=O. The average Bonchev–Trinajstić information content (AvgIpc) is 2.06. The summed E-state index contributed by atoms with van der Waals surface area (Å²) in [6.45, 7) is 4.88. The summed E-state index contributed by atoms with van der Waals surface area (Å²) in [5, 5.41) is 3.21. The fourth-order valence-corrected chi connectivity index (χ4v) is 3.07. The molecule has 0 amide bonds. The fourth-order valence-electron chi connectivity index (χ4n) is 1.48. The van der Waals surface area contributed by atoms with Crippen molar-refractivity contribution in [1.82, 2.24) is 9.62 Å². The predicted octanol–water partition coefficient (Wildman–Crippen LogP) is 0.0215. The maximum absolute atomic E-state index is 11.6. The first-order valence-corrected chi connectivity index (χ1v) is 6.46. The molecule has 1 saturated heterocycles. The van der Waals surface area contributed by atoms with Crippen LogP contribution in [0.1, 0.15) is 19.8 Å². The lowest BCUT2D eigenvalue weighted by molar-refractivity contribution is 0.394. The van der Waals surface area contributed by atoms with E-state index in [2.05, 4.69) is 5.32 Å². The third kappa shape index (κ3) is 3.25. The second kappa shape index (κ2) is 4.93. The Hall–Kier alpha value is -0.130. The summed E-state index contributed by atoms with van der Waals surface area (Å²) in [4.78, 5) is 0. The molecule has 78 valence electrons. The van der Waals surface area contributed by atoms with E-state index in [-0.39, 0.29) is 0 Å². The number of hydrogen-bond acceptors (Lipinski definition) is 3. The second-order valence-electron chi connectivity index (χ2n) is 3.32. The molecule has 0 aromatic carbocycles. The van der Waals surface area contributed by atoms with Crippen molar-refractivity contribution in [2.45, 2.75) is 19.8 Å². The van der Waals surface area contributed by atoms with Crippen molar-refractivity contribution in [1.29, 1.82) is 0 Å². The van der Waals surface area contributed by atoms with E-state index < -0.39 is 10.0 Å². The van der Waals surface area contributed by atoms with Crippen LogP contribution < -0.4 is 5.32 Å². The minimum absolute atomic E-state index is 0.292. The minimum Gasteiger partial charge on any atom is -0.315 e. The third-order valence-corrected chi connectivity index (χ3v) is 4.12. The summed E-state index contributed by atoms with van der Waals surface area (Å²) in [6.07, 6.45) is 1.61. The first-order valence-electron chi connectivity index (χ1n) is 4.85. The highest BCUT2D eigenvalue weighted by molar-refractivity contribution is 7.89. The zero-order valence-corrected chi connectivity index (χ0v) is 8.94. The van der Waals surface area contributed by atoms with E-state index in [0.717, 1.165) is 25.9 Å². The summed E-state index contributed by atoms with van der Waals surface area (Å²) in [5.41, 5.74) is 0. The number of nitrogens with zero attached hydrogens (tertiary/aromatic N) is 1. The molecule has 0 aromatic heterocycles. The standard InChI is InChI=1S/C8H18N2O2S/c1-2-6-10-7-5-9-4-3-8-13(10,11)12/h9H,2-8H2,1H3. The molecule has 1 fully saturated rings. The van der Waals surface area contributed by atoms with Crippen LogP contribution in [0.5, 0.6) is 0 Å². The molecule has 1 N–H and O–H groups in total. The van der Waals surface area contributed by atoms with E-state index in [9.17, 15) is 8.42 Å². The highest BCUT2D eigenvalue weighted by Crippen LogP contribution is 2.05. The van der Waals surface area contributed by atoms with Crippen LogP contribution >= 0.6 is 0 Å². The molecule has 1 rings (SSSR count). The quantitative estimate of drug-likeness (QED) is 0.693. The summed E-state index contributed by atoms with van der Waals surface area (Å²) in [7, 11) is -2.95. The molecule has 5 heteroatoms. The van der Waals surface area contributed by atoms with Crippen molar-refractivity contribution in [2.24, 2.45) is 0 Å². The van der Waals surface area contributed by atoms with Gasteiger partial charge >= 0.3 is 0 Å². The molecule has 4 nitrogen and oxygen atoms in total. The molecule has 0 spiro atoms. The van der Waals surface area contributed by atoms with E-state index in [1.54, 1.807) is 4.31 Å². The molecule has 1 aliphatic heterocycles. The molecular formula is C8H18N2O2S. The van der Waals surface area contributed by atoms with Gasteiger partial charge in [-0.15, -0.1) is 0 Å². The largest absolute Gasteiger partial charge is 0.315 e. The summed E-state index contributed by atoms with van der Waals surface area (Å²) in [6, 6.07) is 0. The molecule has 0 radical (unpaired) electrons. The average molecular weight is 206 g/mol. The van der Waals surface area contributed by atoms with Crippen LogP contribution in [0.2, 0.25) is 0 Å². The molecule has 0 atom stereocenters. The second-order valence-corrected chi connectivity index (χ2v) is 5.41. The summed E-state index contributed by atoms with van der Waals surface area (Å²) >= 11 is 0. The highest BCUT2D eigenvalue weighted by atomic mass is 32.2. The molecule has 0 unspecified atom stereocenters. The molecule has 0 aromatic rings. The van der Waals surface area contributed by atoms with Gasteiger partial charge < -0.3 is 5.32 Å². The Labute approximate surface area is 80.4 Å². The van der Waals surface area contributed by atoms with Gasteiger partial charge in [-0.3, -0.25) is 0 Å². The van der Waals surface area contributed by atoms with Gasteiger partial charge in [0.15, 0.2) is 0 Å². The van der Waals surface area contributed by atoms with Crippen molar-refractivity contribution in [3.8, 4) is 0 Å². The lowest BCUT2D eigenvalue weighted by Gasteiger charge is -2.24. The Bertz CT molecular complexity index is 239. The van der Waals surface area contributed by atoms with Gasteiger partial charge in [-0.2, -0.15) is 0 Å². The van der Waals surface area contributed by atoms with E-state index >= 15 is 0 Å². The Morgan fingerprint density at radius 2 is 2.15 bits per heavy atom. The monoisotopic (exact) mass is 206 g/mol. The number of sulfonamides is 1. The number of hydrogen-bond donors (Lipinski definition) is 1. The van der Waals surface area contributed by atoms with Gasteiger partial charge in [0, 0.05) is 19.6 Å². The topological polar surface area (TPSA) is 49.4 Å². The van der Waals surface area contributed by atoms with Gasteiger partial charge in [0.2, 0.25) is 10.0 Å². The molecule has 13 heavy (non-hydrogen) atoms. The number of rotatable bonds is 2. The normalized spacial score (nSPS) is 25.0. The highest BCUT2D eigenvalue weighted by Gasteiger charge is 2.21. The van der Waals surface area contributed by atoms with E-state index in [4.69, 9.17) is 0 Å². The zero-order valence-electron chi connectivity index (χ0n) is 8.12. The van der Waals surface area contributed by atoms with Crippen LogP contribution in [-0.4, -0.2) is 44.7 Å². The van der Waals surface area contributed by atoms with Crippen molar-refractivity contribution in [3.05, 3.63) is 0 Å². The van der Waals surface area contributed by atoms with Crippen LogP contribution in [0.4, 0.5) is 0 Å². The van der Waals surface area contributed by atoms with Crippen LogP contribution in [0.15, 0.2) is 0 Å². The molecule has 1 heterocycles. The third-order valence-electron chi connectivity index (χ3n) is 2.16. The molecular weight excluding hydrogens is 188 g/mol. The Morgan fingerprint density at radius 3 is 2.85 bits per heavy atom. The van der Waals surface area contributed by atoms with Crippen LogP contribution in [0.25, 0.3) is 0 Å². The Balaban J connectivity index is 2.62. The first kappa shape index (κ1) is 10.9. The summed E-state index contributed by atoms with van der Waals surface area (Å²) < 4.78 is 24.9. The molecule has 1 aliphatic rings. The Morgan fingerprint density at radius 1 is 1.38 bits per heavy atom. The molecule has 0 aliphatic carbocycles. The summed E-state index contributed by atoms with van der Waals surface area (Å²) in [5.74, 6) is 0.292. The molecule has 0 saturated carbocycles. The predicted molar refractivity (Wildman–Crippen MR) is 53.1 cm³/mol. The lowest BCUT2D eigenvalue weighted by atomic mass is 10.4. The first-order chi connectivity index (χ1) is 6.17. The van der Waals surface area contributed by atoms with Crippen molar-refractivity contribution >= 4 is 10.0 Å². The van der Waals surface area contributed by atoms with Gasteiger partial charge in [0.1, 0.15) is 0 Å². The van der Waals surface area contributed by atoms with E-state index in [1.807, 2.05) is 6.92 Å². The van der Waals surface area contributed by atoms with Crippen LogP contribution in [0, 0.1) is 0 Å². The van der Waals surface area contributed by atoms with Crippen molar-refractivity contribution in [2.75, 3.05) is 31.9 Å². The lowest BCUT2D eigenvalue weighted by Crippen LogP contribution is -2.41. The molecule has 0 bridgehead atoms. The minimum atomic E-state index is -2.95. The zero-order chi connectivity index (χ0) is 9.73. The van der Waals surface area contributed by atoms with Crippen molar-refractivity contribution < 1.29 is 8.42 Å². The Kier molecular flexibility index (Phi) is 4.15. The smallest absolute Gasteiger partial charge is 0.214 e. The fraction of sp³-hybridized carbons (Fsp3) is 1.00. The maximum atomic E-state index is 11.6. The van der Waals surface area contributed by atoms with Gasteiger partial charge in [-0.25, -0.2) is 12.7 Å². The van der Waals surface area contributed by atoms with Crippen LogP contribution in [-0.2, 0) is 10.0 Å². The van der Waals surface area contributed by atoms with Gasteiger partial charge in [-0.05, 0) is 19.4 Å². The van der Waals surface area contributed by atoms with Gasteiger partial charge in [-0.1, -0.05) is 6.92 Å². The van der Waals surface area contributed by atoms with Gasteiger partial charge in [0.05, 0.1) is 5.75 Å². The van der Waals surface area contributed by atoms with E-state index in [0.29, 0.717) is 18.8 Å². The van der Waals surface area contributed by atoms with Crippen LogP contribution in [0.3, 0.4) is 0 Å². The number of nitrogens with one attached hydrogen (secondary N) is 1.